The Hall–Kier alpha value is -0.930. The fourth-order valence-corrected chi connectivity index (χ4v) is 2.31. The van der Waals surface area contributed by atoms with Crippen molar-refractivity contribution in [2.75, 3.05) is 31.3 Å². The van der Waals surface area contributed by atoms with Crippen LogP contribution in [0.2, 0.25) is 0 Å². The second-order valence-electron chi connectivity index (χ2n) is 3.49. The van der Waals surface area contributed by atoms with Crippen molar-refractivity contribution in [1.82, 2.24) is 10.2 Å². The molecule has 1 saturated heterocycles. The van der Waals surface area contributed by atoms with Crippen LogP contribution >= 0.6 is 11.3 Å². The number of aliphatic hydroxyl groups is 1. The number of rotatable bonds is 2. The van der Waals surface area contributed by atoms with E-state index in [1.165, 1.54) is 0 Å². The molecule has 2 heterocycles. The molecule has 1 aliphatic rings. The maximum atomic E-state index is 12.4. The summed E-state index contributed by atoms with van der Waals surface area (Å²) in [6.45, 7) is 0.882. The van der Waals surface area contributed by atoms with Gasteiger partial charge in [-0.3, -0.25) is 0 Å². The van der Waals surface area contributed by atoms with Crippen molar-refractivity contribution >= 4 is 16.5 Å². The van der Waals surface area contributed by atoms with Crippen molar-refractivity contribution < 1.29 is 23.0 Å². The van der Waals surface area contributed by atoms with E-state index in [-0.39, 0.29) is 24.4 Å². The summed E-state index contributed by atoms with van der Waals surface area (Å²) in [5.74, 6) is 0. The van der Waals surface area contributed by atoms with Gasteiger partial charge in [-0.05, 0) is 0 Å². The molecule has 2 rings (SSSR count). The molecule has 1 aliphatic heterocycles. The molecule has 0 aromatic carbocycles. The third kappa shape index (κ3) is 2.67. The van der Waals surface area contributed by atoms with Crippen LogP contribution in [0.3, 0.4) is 0 Å². The van der Waals surface area contributed by atoms with Gasteiger partial charge in [0.2, 0.25) is 10.1 Å². The lowest BCUT2D eigenvalue weighted by atomic mass is 10.2. The average molecular weight is 269 g/mol. The van der Waals surface area contributed by atoms with Crippen LogP contribution in [-0.4, -0.2) is 47.7 Å². The summed E-state index contributed by atoms with van der Waals surface area (Å²) in [5.41, 5.74) is 0. The van der Waals surface area contributed by atoms with Crippen molar-refractivity contribution in [3.05, 3.63) is 5.01 Å². The lowest BCUT2D eigenvalue weighted by Gasteiger charge is -2.33. The summed E-state index contributed by atoms with van der Waals surface area (Å²) in [4.78, 5) is 1.59. The predicted octanol–water partition coefficient (Wildman–Crippen LogP) is 0.754. The second kappa shape index (κ2) is 4.75. The summed E-state index contributed by atoms with van der Waals surface area (Å²) < 4.78 is 42.2. The maximum Gasteiger partial charge on any atom is 0.445 e. The lowest BCUT2D eigenvalue weighted by molar-refractivity contribution is -0.138. The fourth-order valence-electron chi connectivity index (χ4n) is 1.50. The number of hydrogen-bond donors (Lipinski definition) is 1. The molecule has 0 saturated carbocycles. The van der Waals surface area contributed by atoms with E-state index in [4.69, 9.17) is 9.84 Å². The first-order valence-corrected chi connectivity index (χ1v) is 5.70. The molecule has 0 amide bonds. The van der Waals surface area contributed by atoms with E-state index in [1.807, 2.05) is 0 Å². The second-order valence-corrected chi connectivity index (χ2v) is 4.45. The van der Waals surface area contributed by atoms with Gasteiger partial charge in [-0.25, -0.2) is 0 Å². The van der Waals surface area contributed by atoms with Crippen molar-refractivity contribution in [1.29, 1.82) is 0 Å². The van der Waals surface area contributed by atoms with E-state index < -0.39 is 11.2 Å². The zero-order chi connectivity index (χ0) is 12.5. The molecule has 0 bridgehead atoms. The Balaban J connectivity index is 2.18. The Bertz CT molecular complexity index is 384. The highest BCUT2D eigenvalue weighted by atomic mass is 32.1. The number of aliphatic hydroxyl groups excluding tert-OH is 1. The number of ether oxygens (including phenoxy) is 1. The minimum Gasteiger partial charge on any atom is -0.394 e. The van der Waals surface area contributed by atoms with Gasteiger partial charge in [-0.2, -0.15) is 13.2 Å². The van der Waals surface area contributed by atoms with E-state index in [9.17, 15) is 13.2 Å². The van der Waals surface area contributed by atoms with Gasteiger partial charge < -0.3 is 14.7 Å². The quantitative estimate of drug-likeness (QED) is 0.858. The number of aromatic nitrogens is 2. The smallest absolute Gasteiger partial charge is 0.394 e. The minimum absolute atomic E-state index is 0.166. The van der Waals surface area contributed by atoms with Crippen LogP contribution in [0.1, 0.15) is 5.01 Å². The number of anilines is 1. The highest BCUT2D eigenvalue weighted by Crippen LogP contribution is 2.35. The van der Waals surface area contributed by atoms with Crippen LogP contribution < -0.4 is 4.90 Å². The van der Waals surface area contributed by atoms with Crippen LogP contribution in [0.4, 0.5) is 18.3 Å². The zero-order valence-corrected chi connectivity index (χ0v) is 9.46. The monoisotopic (exact) mass is 269 g/mol. The molecule has 17 heavy (non-hydrogen) atoms. The third-order valence-electron chi connectivity index (χ3n) is 2.34. The molecular formula is C8H10F3N3O2S. The Morgan fingerprint density at radius 1 is 1.47 bits per heavy atom. The molecule has 1 atom stereocenters. The molecule has 9 heteroatoms. The molecule has 1 aromatic heterocycles. The number of hydrogen-bond acceptors (Lipinski definition) is 6. The SMILES string of the molecule is OCC1COCCN1c1nnc(C(F)(F)F)s1. The molecule has 1 unspecified atom stereocenters. The molecule has 0 aliphatic carbocycles. The number of halogens is 3. The molecule has 1 N–H and O–H groups in total. The highest BCUT2D eigenvalue weighted by Gasteiger charge is 2.37. The van der Waals surface area contributed by atoms with Crippen LogP contribution in [0.5, 0.6) is 0 Å². The normalized spacial score (nSPS) is 21.9. The summed E-state index contributed by atoms with van der Waals surface area (Å²) in [7, 11) is 0. The first kappa shape index (κ1) is 12.5. The van der Waals surface area contributed by atoms with E-state index in [0.29, 0.717) is 24.5 Å². The average Bonchev–Trinajstić information content (AvgIpc) is 2.77. The Kier molecular flexibility index (Phi) is 3.50. The molecule has 1 fully saturated rings. The largest absolute Gasteiger partial charge is 0.445 e. The molecular weight excluding hydrogens is 259 g/mol. The first-order chi connectivity index (χ1) is 8.02. The molecule has 0 spiro atoms. The number of morpholine rings is 1. The van der Waals surface area contributed by atoms with E-state index in [2.05, 4.69) is 10.2 Å². The van der Waals surface area contributed by atoms with Crippen LogP contribution in [0.15, 0.2) is 0 Å². The van der Waals surface area contributed by atoms with Gasteiger partial charge in [-0.1, -0.05) is 11.3 Å². The fraction of sp³-hybridized carbons (Fsp3) is 0.750. The Morgan fingerprint density at radius 3 is 2.82 bits per heavy atom. The topological polar surface area (TPSA) is 58.5 Å². The van der Waals surface area contributed by atoms with E-state index in [1.54, 1.807) is 4.90 Å². The summed E-state index contributed by atoms with van der Waals surface area (Å²) in [5, 5.41) is 14.9. The minimum atomic E-state index is -4.48. The van der Waals surface area contributed by atoms with Gasteiger partial charge in [0, 0.05) is 6.54 Å². The third-order valence-corrected chi connectivity index (χ3v) is 3.35. The van der Waals surface area contributed by atoms with Crippen molar-refractivity contribution in [2.24, 2.45) is 0 Å². The first-order valence-electron chi connectivity index (χ1n) is 4.88. The van der Waals surface area contributed by atoms with Crippen LogP contribution in [-0.2, 0) is 10.9 Å². The molecule has 1 aromatic rings. The summed E-state index contributed by atoms with van der Waals surface area (Å²) in [6.07, 6.45) is -4.48. The van der Waals surface area contributed by atoms with Crippen molar-refractivity contribution in [3.63, 3.8) is 0 Å². The summed E-state index contributed by atoms with van der Waals surface area (Å²) >= 11 is 0.477. The molecule has 96 valence electrons. The van der Waals surface area contributed by atoms with Gasteiger partial charge in [-0.15, -0.1) is 10.2 Å². The van der Waals surface area contributed by atoms with Gasteiger partial charge in [0.1, 0.15) is 0 Å². The van der Waals surface area contributed by atoms with E-state index in [0.717, 1.165) is 0 Å². The van der Waals surface area contributed by atoms with Gasteiger partial charge in [0.05, 0.1) is 25.9 Å². The summed E-state index contributed by atoms with van der Waals surface area (Å²) in [6, 6.07) is -0.363. The molecule has 5 nitrogen and oxygen atoms in total. The molecule has 0 radical (unpaired) electrons. The number of nitrogens with zero attached hydrogens (tertiary/aromatic N) is 3. The van der Waals surface area contributed by atoms with Crippen molar-refractivity contribution in [2.45, 2.75) is 12.2 Å². The van der Waals surface area contributed by atoms with E-state index >= 15 is 0 Å². The number of alkyl halides is 3. The van der Waals surface area contributed by atoms with Crippen LogP contribution in [0.25, 0.3) is 0 Å². The van der Waals surface area contributed by atoms with Gasteiger partial charge >= 0.3 is 6.18 Å². The Morgan fingerprint density at radius 2 is 2.24 bits per heavy atom. The lowest BCUT2D eigenvalue weighted by Crippen LogP contribution is -2.47. The van der Waals surface area contributed by atoms with Crippen LogP contribution in [0, 0.1) is 0 Å². The van der Waals surface area contributed by atoms with Gasteiger partial charge in [0.15, 0.2) is 0 Å². The zero-order valence-electron chi connectivity index (χ0n) is 8.65. The standard InChI is InChI=1S/C8H10F3N3O2S/c9-8(10,11)6-12-13-7(17-6)14-1-2-16-4-5(14)3-15/h5,15H,1-4H2. The predicted molar refractivity (Wildman–Crippen MR) is 53.9 cm³/mol. The highest BCUT2D eigenvalue weighted by molar-refractivity contribution is 7.15. The maximum absolute atomic E-state index is 12.4. The van der Waals surface area contributed by atoms with Crippen molar-refractivity contribution in [3.8, 4) is 0 Å². The Labute approximate surface area is 98.8 Å². The van der Waals surface area contributed by atoms with Gasteiger partial charge in [0.25, 0.3) is 0 Å².